The van der Waals surface area contributed by atoms with Crippen molar-refractivity contribution in [3.05, 3.63) is 76.9 Å². The van der Waals surface area contributed by atoms with E-state index in [0.29, 0.717) is 28.4 Å². The van der Waals surface area contributed by atoms with Crippen LogP contribution < -0.4 is 30.7 Å². The molecule has 0 aliphatic carbocycles. The Morgan fingerprint density at radius 3 is 2.31 bits per heavy atom. The number of anilines is 5. The first-order chi connectivity index (χ1) is 22.7. The Balaban J connectivity index is 1.49. The van der Waals surface area contributed by atoms with Crippen molar-refractivity contribution in [2.75, 3.05) is 36.7 Å². The molecule has 3 aromatic carbocycles. The highest BCUT2D eigenvalue weighted by Gasteiger charge is 2.23. The number of nitrogens with zero attached hydrogens (tertiary/aromatic N) is 2. The van der Waals surface area contributed by atoms with Gasteiger partial charge < -0.3 is 35.8 Å². The van der Waals surface area contributed by atoms with Crippen LogP contribution in [-0.4, -0.2) is 61.3 Å². The van der Waals surface area contributed by atoms with Gasteiger partial charge in [-0.25, -0.2) is 13.4 Å². The van der Waals surface area contributed by atoms with Crippen molar-refractivity contribution in [3.63, 3.8) is 0 Å². The van der Waals surface area contributed by atoms with Gasteiger partial charge in [-0.3, -0.25) is 9.59 Å². The SMILES string of the molecule is COc1ccc(NC(=O)CNC(=O)c2cc(C(C)C)c(O)cc2OC)cc1Nc1ncc(Cl)c(Nc2ccccc2S(=O)(=O)C(C)C)n1. The number of sulfone groups is 1. The van der Waals surface area contributed by atoms with E-state index in [0.717, 1.165) is 0 Å². The molecule has 4 aromatic rings. The highest BCUT2D eigenvalue weighted by atomic mass is 35.5. The van der Waals surface area contributed by atoms with Crippen molar-refractivity contribution in [2.45, 2.75) is 43.8 Å². The van der Waals surface area contributed by atoms with Crippen molar-refractivity contribution in [1.82, 2.24) is 15.3 Å². The van der Waals surface area contributed by atoms with Gasteiger partial charge in [0.25, 0.3) is 5.91 Å². The average Bonchev–Trinajstić information content (AvgIpc) is 3.05. The molecule has 48 heavy (non-hydrogen) atoms. The number of nitrogens with one attached hydrogen (secondary N) is 4. The summed E-state index contributed by atoms with van der Waals surface area (Å²) >= 11 is 6.37. The van der Waals surface area contributed by atoms with E-state index in [1.165, 1.54) is 32.5 Å². The molecule has 1 aromatic heterocycles. The number of ether oxygens (including phenoxy) is 2. The Morgan fingerprint density at radius 1 is 0.938 bits per heavy atom. The first kappa shape index (κ1) is 35.8. The van der Waals surface area contributed by atoms with E-state index >= 15 is 0 Å². The second-order valence-corrected chi connectivity index (χ2v) is 14.0. The number of para-hydroxylation sites is 1. The number of aromatic nitrogens is 2. The number of rotatable bonds is 13. The van der Waals surface area contributed by atoms with Gasteiger partial charge in [-0.05, 0) is 61.7 Å². The second kappa shape index (κ2) is 15.2. The van der Waals surface area contributed by atoms with E-state index in [1.54, 1.807) is 56.3 Å². The number of benzene rings is 3. The minimum atomic E-state index is -3.61. The second-order valence-electron chi connectivity index (χ2n) is 11.1. The summed E-state index contributed by atoms with van der Waals surface area (Å²) in [5, 5.41) is 21.1. The van der Waals surface area contributed by atoms with Gasteiger partial charge in [-0.1, -0.05) is 37.6 Å². The first-order valence-electron chi connectivity index (χ1n) is 14.8. The Kier molecular flexibility index (Phi) is 11.3. The van der Waals surface area contributed by atoms with Gasteiger partial charge in [0.2, 0.25) is 11.9 Å². The molecule has 0 unspecified atom stereocenters. The number of hydrogen-bond acceptors (Lipinski definition) is 11. The molecule has 0 spiro atoms. The zero-order valence-electron chi connectivity index (χ0n) is 27.2. The molecule has 254 valence electrons. The van der Waals surface area contributed by atoms with E-state index in [1.807, 2.05) is 13.8 Å². The van der Waals surface area contributed by atoms with E-state index in [2.05, 4.69) is 31.2 Å². The Labute approximate surface area is 284 Å². The Morgan fingerprint density at radius 2 is 1.65 bits per heavy atom. The molecule has 0 aliphatic rings. The maximum atomic E-state index is 12.9. The number of carbonyl (C=O) groups excluding carboxylic acids is 2. The van der Waals surface area contributed by atoms with Gasteiger partial charge in [-0.15, -0.1) is 0 Å². The number of amides is 2. The summed E-state index contributed by atoms with van der Waals surface area (Å²) in [7, 11) is -0.755. The lowest BCUT2D eigenvalue weighted by Gasteiger charge is -2.16. The molecule has 5 N–H and O–H groups in total. The van der Waals surface area contributed by atoms with Crippen LogP contribution in [-0.2, 0) is 14.6 Å². The minimum Gasteiger partial charge on any atom is -0.508 e. The molecule has 0 radical (unpaired) electrons. The maximum absolute atomic E-state index is 12.9. The lowest BCUT2D eigenvalue weighted by atomic mass is 9.98. The Hall–Kier alpha value is -5.08. The molecule has 4 rings (SSSR count). The molecule has 0 bridgehead atoms. The molecule has 15 heteroatoms. The van der Waals surface area contributed by atoms with Crippen molar-refractivity contribution in [3.8, 4) is 17.2 Å². The van der Waals surface area contributed by atoms with Crippen LogP contribution in [0.15, 0.2) is 65.7 Å². The summed E-state index contributed by atoms with van der Waals surface area (Å²) in [4.78, 5) is 34.5. The fourth-order valence-corrected chi connectivity index (χ4v) is 5.91. The zero-order valence-corrected chi connectivity index (χ0v) is 28.8. The van der Waals surface area contributed by atoms with Crippen molar-refractivity contribution < 1.29 is 32.6 Å². The lowest BCUT2D eigenvalue weighted by molar-refractivity contribution is -0.115. The largest absolute Gasteiger partial charge is 0.508 e. The summed E-state index contributed by atoms with van der Waals surface area (Å²) < 4.78 is 36.6. The molecule has 0 saturated carbocycles. The fraction of sp³-hybridized carbons (Fsp3) is 0.273. The van der Waals surface area contributed by atoms with Crippen LogP contribution in [0.2, 0.25) is 5.02 Å². The van der Waals surface area contributed by atoms with Gasteiger partial charge in [0, 0.05) is 11.8 Å². The van der Waals surface area contributed by atoms with E-state index in [-0.39, 0.29) is 51.2 Å². The number of phenolic OH excluding ortho intramolecular Hbond substituents is 1. The maximum Gasteiger partial charge on any atom is 0.255 e. The Bertz CT molecular complexity index is 1940. The average molecular weight is 697 g/mol. The van der Waals surface area contributed by atoms with E-state index in [4.69, 9.17) is 21.1 Å². The van der Waals surface area contributed by atoms with Crippen LogP contribution >= 0.6 is 11.6 Å². The number of aromatic hydroxyl groups is 1. The zero-order chi connectivity index (χ0) is 35.2. The molecular weight excluding hydrogens is 660 g/mol. The van der Waals surface area contributed by atoms with E-state index in [9.17, 15) is 23.1 Å². The van der Waals surface area contributed by atoms with Crippen LogP contribution in [0.3, 0.4) is 0 Å². The molecule has 0 atom stereocenters. The van der Waals surface area contributed by atoms with Gasteiger partial charge in [0.15, 0.2) is 15.7 Å². The number of phenols is 1. The highest BCUT2D eigenvalue weighted by molar-refractivity contribution is 7.92. The summed E-state index contributed by atoms with van der Waals surface area (Å²) in [6, 6.07) is 14.2. The predicted molar refractivity (Wildman–Crippen MR) is 185 cm³/mol. The van der Waals surface area contributed by atoms with Crippen LogP contribution in [0.4, 0.5) is 28.8 Å². The number of carbonyl (C=O) groups is 2. The fourth-order valence-electron chi connectivity index (χ4n) is 4.57. The summed E-state index contributed by atoms with van der Waals surface area (Å²) in [6.45, 7) is 6.61. The summed E-state index contributed by atoms with van der Waals surface area (Å²) in [6.07, 6.45) is 1.35. The minimum absolute atomic E-state index is 0.0129. The normalized spacial score (nSPS) is 11.3. The molecular formula is C33H37ClN6O7S. The van der Waals surface area contributed by atoms with Gasteiger partial charge in [0.1, 0.15) is 22.3 Å². The quantitative estimate of drug-likeness (QED) is 0.110. The lowest BCUT2D eigenvalue weighted by Crippen LogP contribution is -2.33. The summed E-state index contributed by atoms with van der Waals surface area (Å²) in [5.41, 5.74) is 1.83. The number of halogens is 1. The van der Waals surface area contributed by atoms with Crippen LogP contribution in [0.5, 0.6) is 17.2 Å². The molecule has 0 saturated heterocycles. The smallest absolute Gasteiger partial charge is 0.255 e. The third-order valence-corrected chi connectivity index (χ3v) is 9.65. The van der Waals surface area contributed by atoms with Crippen LogP contribution in [0, 0.1) is 0 Å². The van der Waals surface area contributed by atoms with Gasteiger partial charge >= 0.3 is 0 Å². The molecule has 0 aliphatic heterocycles. The number of hydrogen-bond donors (Lipinski definition) is 5. The molecule has 1 heterocycles. The highest BCUT2D eigenvalue weighted by Crippen LogP contribution is 2.34. The summed E-state index contributed by atoms with van der Waals surface area (Å²) in [5.74, 6) is -0.250. The van der Waals surface area contributed by atoms with Gasteiger partial charge in [-0.2, -0.15) is 4.98 Å². The van der Waals surface area contributed by atoms with Crippen molar-refractivity contribution >= 4 is 62.1 Å². The third-order valence-electron chi connectivity index (χ3n) is 7.17. The third kappa shape index (κ3) is 8.25. The van der Waals surface area contributed by atoms with E-state index < -0.39 is 26.9 Å². The van der Waals surface area contributed by atoms with Crippen molar-refractivity contribution in [1.29, 1.82) is 0 Å². The number of methoxy groups -OCH3 is 2. The molecule has 0 fully saturated rings. The van der Waals surface area contributed by atoms with Crippen molar-refractivity contribution in [2.24, 2.45) is 0 Å². The van der Waals surface area contributed by atoms with Crippen LogP contribution in [0.1, 0.15) is 49.5 Å². The standard InChI is InChI=1S/C33H37ClN6O7S/c1-18(2)21-14-22(28(47-6)15-26(21)41)32(43)35-17-30(42)37-20-11-12-27(46-5)25(13-20)39-33-36-16-23(34)31(40-33)38-24-9-7-8-10-29(24)48(44,45)19(3)4/h7-16,18-19,41H,17H2,1-6H3,(H,35,43)(H,37,42)(H2,36,38,39,40). The van der Waals surface area contributed by atoms with Gasteiger partial charge in [0.05, 0.1) is 54.0 Å². The monoisotopic (exact) mass is 696 g/mol. The predicted octanol–water partition coefficient (Wildman–Crippen LogP) is 6.01. The first-order valence-corrected chi connectivity index (χ1v) is 16.7. The molecule has 13 nitrogen and oxygen atoms in total. The topological polar surface area (TPSA) is 181 Å². The molecule has 2 amide bonds. The van der Waals surface area contributed by atoms with Crippen LogP contribution in [0.25, 0.3) is 0 Å².